The average Bonchev–Trinajstić information content (AvgIpc) is 2.42. The van der Waals surface area contributed by atoms with Gasteiger partial charge in [-0.2, -0.15) is 4.98 Å². The number of para-hydroxylation sites is 2. The van der Waals surface area contributed by atoms with Crippen LogP contribution in [0.25, 0.3) is 0 Å². The van der Waals surface area contributed by atoms with Crippen LogP contribution in [0.2, 0.25) is 0 Å². The zero-order chi connectivity index (χ0) is 15.5. The molecule has 2 aromatic rings. The molecule has 0 amide bonds. The number of rotatable bonds is 4. The third-order valence-electron chi connectivity index (χ3n) is 2.35. The molecule has 0 saturated carbocycles. The van der Waals surface area contributed by atoms with Crippen molar-refractivity contribution in [1.82, 2.24) is 4.98 Å². The van der Waals surface area contributed by atoms with Gasteiger partial charge in [-0.1, -0.05) is 12.1 Å². The lowest BCUT2D eigenvalue weighted by molar-refractivity contribution is -0.275. The Hall–Kier alpha value is -2.64. The first-order chi connectivity index (χ1) is 9.89. The second-order valence-electron chi connectivity index (χ2n) is 3.84. The van der Waals surface area contributed by atoms with E-state index in [1.807, 2.05) is 0 Å². The van der Waals surface area contributed by atoms with Crippen molar-refractivity contribution in [2.24, 2.45) is 0 Å². The van der Waals surface area contributed by atoms with E-state index in [4.69, 9.17) is 15.2 Å². The first kappa shape index (κ1) is 14.8. The monoisotopic (exact) mass is 300 g/mol. The van der Waals surface area contributed by atoms with Crippen LogP contribution < -0.4 is 19.9 Å². The number of benzene rings is 1. The average molecular weight is 300 g/mol. The van der Waals surface area contributed by atoms with Crippen molar-refractivity contribution >= 4 is 5.69 Å². The maximum atomic E-state index is 12.3. The van der Waals surface area contributed by atoms with E-state index < -0.39 is 12.1 Å². The Labute approximate surface area is 118 Å². The summed E-state index contributed by atoms with van der Waals surface area (Å²) in [7, 11) is 1.39. The van der Waals surface area contributed by atoms with Crippen molar-refractivity contribution in [3.63, 3.8) is 0 Å². The zero-order valence-electron chi connectivity index (χ0n) is 10.8. The molecule has 0 aliphatic heterocycles. The summed E-state index contributed by atoms with van der Waals surface area (Å²) < 4.78 is 51.0. The number of methoxy groups -OCH3 is 1. The molecule has 2 N–H and O–H groups in total. The van der Waals surface area contributed by atoms with Crippen molar-refractivity contribution in [2.45, 2.75) is 6.36 Å². The van der Waals surface area contributed by atoms with E-state index in [0.717, 1.165) is 6.07 Å². The molecule has 1 aromatic heterocycles. The summed E-state index contributed by atoms with van der Waals surface area (Å²) in [6, 6.07) is 8.28. The number of nitrogens with zero attached hydrogens (tertiary/aromatic N) is 1. The number of nitrogen functional groups attached to an aromatic ring is 1. The number of alkyl halides is 3. The number of aromatic nitrogens is 1. The normalized spacial score (nSPS) is 11.0. The first-order valence-electron chi connectivity index (χ1n) is 5.72. The fourth-order valence-electron chi connectivity index (χ4n) is 1.48. The second kappa shape index (κ2) is 5.78. The van der Waals surface area contributed by atoms with Gasteiger partial charge in [0.15, 0.2) is 11.5 Å². The Morgan fingerprint density at radius 3 is 2.33 bits per heavy atom. The molecule has 0 aliphatic rings. The molecule has 0 saturated heterocycles. The van der Waals surface area contributed by atoms with E-state index in [-0.39, 0.29) is 23.2 Å². The van der Waals surface area contributed by atoms with Gasteiger partial charge < -0.3 is 19.9 Å². The molecule has 0 bridgehead atoms. The first-order valence-corrected chi connectivity index (χ1v) is 5.72. The summed E-state index contributed by atoms with van der Waals surface area (Å²) in [4.78, 5) is 3.92. The van der Waals surface area contributed by atoms with Crippen LogP contribution in [0.15, 0.2) is 36.4 Å². The molecule has 0 unspecified atom stereocenters. The second-order valence-corrected chi connectivity index (χ2v) is 3.84. The SMILES string of the molecule is COc1ccc(N)c(Oc2ccccc2OC(F)(F)F)n1. The van der Waals surface area contributed by atoms with E-state index in [0.29, 0.717) is 0 Å². The predicted octanol–water partition coefficient (Wildman–Crippen LogP) is 3.36. The van der Waals surface area contributed by atoms with Crippen LogP contribution in [0.1, 0.15) is 0 Å². The smallest absolute Gasteiger partial charge is 0.481 e. The molecule has 0 spiro atoms. The Balaban J connectivity index is 2.31. The van der Waals surface area contributed by atoms with Crippen LogP contribution in [0.5, 0.6) is 23.3 Å². The molecule has 8 heteroatoms. The van der Waals surface area contributed by atoms with Gasteiger partial charge in [-0.15, -0.1) is 13.2 Å². The highest BCUT2D eigenvalue weighted by Crippen LogP contribution is 2.36. The topological polar surface area (TPSA) is 66.6 Å². The highest BCUT2D eigenvalue weighted by atomic mass is 19.4. The quantitative estimate of drug-likeness (QED) is 0.937. The molecule has 21 heavy (non-hydrogen) atoms. The van der Waals surface area contributed by atoms with E-state index in [9.17, 15) is 13.2 Å². The van der Waals surface area contributed by atoms with E-state index in [2.05, 4.69) is 9.72 Å². The molecule has 1 aromatic carbocycles. The predicted molar refractivity (Wildman–Crippen MR) is 68.4 cm³/mol. The minimum Gasteiger partial charge on any atom is -0.481 e. The van der Waals surface area contributed by atoms with Gasteiger partial charge in [0.25, 0.3) is 0 Å². The maximum absolute atomic E-state index is 12.3. The van der Waals surface area contributed by atoms with Crippen molar-refractivity contribution in [1.29, 1.82) is 0 Å². The minimum atomic E-state index is -4.83. The van der Waals surface area contributed by atoms with Crippen LogP contribution in [-0.2, 0) is 0 Å². The van der Waals surface area contributed by atoms with Crippen molar-refractivity contribution in [2.75, 3.05) is 12.8 Å². The van der Waals surface area contributed by atoms with Gasteiger partial charge in [-0.05, 0) is 18.2 Å². The van der Waals surface area contributed by atoms with E-state index >= 15 is 0 Å². The number of nitrogens with two attached hydrogens (primary N) is 1. The summed E-state index contributed by atoms with van der Waals surface area (Å²) in [5, 5.41) is 0. The number of ether oxygens (including phenoxy) is 3. The fraction of sp³-hybridized carbons (Fsp3) is 0.154. The van der Waals surface area contributed by atoms with Gasteiger partial charge in [0.2, 0.25) is 11.8 Å². The third-order valence-corrected chi connectivity index (χ3v) is 2.35. The van der Waals surface area contributed by atoms with Crippen molar-refractivity contribution in [3.05, 3.63) is 36.4 Å². The molecule has 0 aliphatic carbocycles. The summed E-state index contributed by atoms with van der Waals surface area (Å²) >= 11 is 0. The van der Waals surface area contributed by atoms with Crippen LogP contribution >= 0.6 is 0 Å². The number of anilines is 1. The van der Waals surface area contributed by atoms with Gasteiger partial charge in [0.05, 0.1) is 12.8 Å². The Morgan fingerprint density at radius 1 is 1.05 bits per heavy atom. The Bertz CT molecular complexity index is 632. The fourth-order valence-corrected chi connectivity index (χ4v) is 1.48. The standard InChI is InChI=1S/C13H11F3N2O3/c1-19-11-7-6-8(17)12(18-11)20-9-4-2-3-5-10(9)21-13(14,15)16/h2-7H,17H2,1H3. The van der Waals surface area contributed by atoms with Gasteiger partial charge >= 0.3 is 6.36 Å². The van der Waals surface area contributed by atoms with E-state index in [1.54, 1.807) is 0 Å². The highest BCUT2D eigenvalue weighted by Gasteiger charge is 2.32. The number of hydrogen-bond acceptors (Lipinski definition) is 5. The molecular weight excluding hydrogens is 289 g/mol. The minimum absolute atomic E-state index is 0.0763. The summed E-state index contributed by atoms with van der Waals surface area (Å²) in [5.41, 5.74) is 5.81. The lowest BCUT2D eigenvalue weighted by atomic mass is 10.3. The van der Waals surface area contributed by atoms with Gasteiger partial charge in [0, 0.05) is 6.07 Å². The largest absolute Gasteiger partial charge is 0.573 e. The molecule has 0 atom stereocenters. The molecule has 112 valence electrons. The number of pyridine rings is 1. The molecular formula is C13H11F3N2O3. The lowest BCUT2D eigenvalue weighted by Crippen LogP contribution is -2.17. The van der Waals surface area contributed by atoms with Crippen molar-refractivity contribution in [3.8, 4) is 23.3 Å². The third kappa shape index (κ3) is 3.91. The molecule has 1 heterocycles. The number of hydrogen-bond donors (Lipinski definition) is 1. The van der Waals surface area contributed by atoms with Gasteiger partial charge in [0.1, 0.15) is 0 Å². The van der Waals surface area contributed by atoms with Crippen LogP contribution in [-0.4, -0.2) is 18.5 Å². The van der Waals surface area contributed by atoms with Crippen LogP contribution in [0, 0.1) is 0 Å². The molecule has 2 rings (SSSR count). The van der Waals surface area contributed by atoms with Crippen molar-refractivity contribution < 1.29 is 27.4 Å². The van der Waals surface area contributed by atoms with Crippen LogP contribution in [0.3, 0.4) is 0 Å². The van der Waals surface area contributed by atoms with Gasteiger partial charge in [-0.3, -0.25) is 0 Å². The van der Waals surface area contributed by atoms with E-state index in [1.165, 1.54) is 37.4 Å². The Kier molecular flexibility index (Phi) is 4.06. The highest BCUT2D eigenvalue weighted by molar-refractivity contribution is 5.52. The molecule has 0 radical (unpaired) electrons. The number of halogens is 3. The zero-order valence-corrected chi connectivity index (χ0v) is 10.8. The van der Waals surface area contributed by atoms with Crippen LogP contribution in [0.4, 0.5) is 18.9 Å². The lowest BCUT2D eigenvalue weighted by Gasteiger charge is -2.14. The summed E-state index contributed by atoms with van der Waals surface area (Å²) in [5.74, 6) is -0.516. The molecule has 5 nitrogen and oxygen atoms in total. The molecule has 0 fully saturated rings. The summed E-state index contributed by atoms with van der Waals surface area (Å²) in [6.07, 6.45) is -4.83. The maximum Gasteiger partial charge on any atom is 0.573 e. The van der Waals surface area contributed by atoms with Gasteiger partial charge in [-0.25, -0.2) is 0 Å². The Morgan fingerprint density at radius 2 is 1.71 bits per heavy atom. The summed E-state index contributed by atoms with van der Waals surface area (Å²) in [6.45, 7) is 0.